The number of aryl methyl sites for hydroxylation is 1. The minimum atomic E-state index is 0.233. The highest BCUT2D eigenvalue weighted by atomic mass is 16.1. The molecular formula is C12H10N2O. The van der Waals surface area contributed by atoms with Crippen LogP contribution >= 0.6 is 0 Å². The summed E-state index contributed by atoms with van der Waals surface area (Å²) in [6, 6.07) is 7.80. The summed E-state index contributed by atoms with van der Waals surface area (Å²) in [5.41, 5.74) is 2.90. The van der Waals surface area contributed by atoms with Crippen LogP contribution in [-0.2, 0) is 6.42 Å². The maximum atomic E-state index is 11.7. The average Bonchev–Trinajstić information content (AvgIpc) is 2.88. The molecular weight excluding hydrogens is 188 g/mol. The van der Waals surface area contributed by atoms with Gasteiger partial charge in [-0.05, 0) is 24.1 Å². The lowest BCUT2D eigenvalue weighted by Gasteiger charge is -2.06. The van der Waals surface area contributed by atoms with Gasteiger partial charge in [0.1, 0.15) is 0 Å². The topological polar surface area (TPSA) is 34.9 Å². The minimum absolute atomic E-state index is 0.233. The second-order valence-corrected chi connectivity index (χ2v) is 3.69. The van der Waals surface area contributed by atoms with Crippen LogP contribution in [0.5, 0.6) is 0 Å². The molecule has 0 unspecified atom stereocenters. The van der Waals surface area contributed by atoms with E-state index in [4.69, 9.17) is 0 Å². The minimum Gasteiger partial charge on any atom is -0.294 e. The molecule has 1 aromatic carbocycles. The number of carbonyl (C=O) groups excluding carboxylic acids is 1. The van der Waals surface area contributed by atoms with Crippen molar-refractivity contribution in [2.45, 2.75) is 12.8 Å². The number of ketones is 1. The molecule has 0 saturated heterocycles. The number of benzene rings is 1. The Kier molecular flexibility index (Phi) is 1.71. The van der Waals surface area contributed by atoms with Gasteiger partial charge in [0.15, 0.2) is 5.78 Å². The molecule has 3 heteroatoms. The van der Waals surface area contributed by atoms with E-state index < -0.39 is 0 Å². The van der Waals surface area contributed by atoms with E-state index in [-0.39, 0.29) is 5.78 Å². The number of aromatic nitrogens is 2. The van der Waals surface area contributed by atoms with Gasteiger partial charge in [-0.15, -0.1) is 0 Å². The summed E-state index contributed by atoms with van der Waals surface area (Å²) in [5.74, 6) is 0.233. The first kappa shape index (κ1) is 8.41. The van der Waals surface area contributed by atoms with Crippen molar-refractivity contribution < 1.29 is 4.79 Å². The Bertz CT molecular complexity index is 514. The van der Waals surface area contributed by atoms with Crippen molar-refractivity contribution in [2.24, 2.45) is 0 Å². The number of rotatable bonds is 1. The summed E-state index contributed by atoms with van der Waals surface area (Å²) in [6.45, 7) is 0. The third kappa shape index (κ3) is 1.20. The molecule has 1 aliphatic rings. The predicted octanol–water partition coefficient (Wildman–Crippen LogP) is 2.00. The van der Waals surface area contributed by atoms with Crippen LogP contribution in [0.4, 0.5) is 0 Å². The van der Waals surface area contributed by atoms with Gasteiger partial charge in [-0.2, -0.15) is 5.10 Å². The number of fused-ring (bicyclic) bond motifs is 1. The Morgan fingerprint density at radius 3 is 2.93 bits per heavy atom. The van der Waals surface area contributed by atoms with Crippen molar-refractivity contribution >= 4 is 5.78 Å². The fourth-order valence-electron chi connectivity index (χ4n) is 2.09. The Balaban J connectivity index is 2.26. The third-order valence-electron chi connectivity index (χ3n) is 2.78. The normalized spacial score (nSPS) is 14.3. The SMILES string of the molecule is O=C1CCc2cccc(-n3cccn3)c21. The van der Waals surface area contributed by atoms with Gasteiger partial charge in [0.2, 0.25) is 0 Å². The standard InChI is InChI=1S/C12H10N2O/c15-11-6-5-9-3-1-4-10(12(9)11)14-8-2-7-13-14/h1-4,7-8H,5-6H2. The van der Waals surface area contributed by atoms with Gasteiger partial charge in [0.25, 0.3) is 0 Å². The Hall–Kier alpha value is -1.90. The van der Waals surface area contributed by atoms with E-state index in [1.54, 1.807) is 10.9 Å². The maximum absolute atomic E-state index is 11.7. The summed E-state index contributed by atoms with van der Waals surface area (Å²) < 4.78 is 1.75. The number of hydrogen-bond donors (Lipinski definition) is 0. The van der Waals surface area contributed by atoms with Crippen LogP contribution in [-0.4, -0.2) is 15.6 Å². The number of hydrogen-bond acceptors (Lipinski definition) is 2. The van der Waals surface area contributed by atoms with Crippen molar-refractivity contribution in [1.29, 1.82) is 0 Å². The van der Waals surface area contributed by atoms with Crippen LogP contribution in [0.3, 0.4) is 0 Å². The van der Waals surface area contributed by atoms with Gasteiger partial charge >= 0.3 is 0 Å². The van der Waals surface area contributed by atoms with Gasteiger partial charge < -0.3 is 0 Å². The summed E-state index contributed by atoms with van der Waals surface area (Å²) in [4.78, 5) is 11.7. The number of carbonyl (C=O) groups is 1. The van der Waals surface area contributed by atoms with Gasteiger partial charge in [-0.1, -0.05) is 12.1 Å². The van der Waals surface area contributed by atoms with Crippen LogP contribution in [0.2, 0.25) is 0 Å². The Labute approximate surface area is 87.3 Å². The zero-order valence-electron chi connectivity index (χ0n) is 8.18. The van der Waals surface area contributed by atoms with E-state index in [0.717, 1.165) is 23.2 Å². The van der Waals surface area contributed by atoms with Crippen LogP contribution in [0.1, 0.15) is 22.3 Å². The highest BCUT2D eigenvalue weighted by Gasteiger charge is 2.23. The molecule has 0 aliphatic heterocycles. The van der Waals surface area contributed by atoms with Crippen molar-refractivity contribution in [3.63, 3.8) is 0 Å². The first-order chi connectivity index (χ1) is 7.36. The molecule has 1 aliphatic carbocycles. The van der Waals surface area contributed by atoms with E-state index in [0.29, 0.717) is 6.42 Å². The first-order valence-corrected chi connectivity index (χ1v) is 5.01. The molecule has 74 valence electrons. The van der Waals surface area contributed by atoms with Gasteiger partial charge in [-0.25, -0.2) is 4.68 Å². The molecule has 0 atom stereocenters. The fourth-order valence-corrected chi connectivity index (χ4v) is 2.09. The average molecular weight is 198 g/mol. The predicted molar refractivity (Wildman–Crippen MR) is 56.2 cm³/mol. The lowest BCUT2D eigenvalue weighted by atomic mass is 10.1. The third-order valence-corrected chi connectivity index (χ3v) is 2.78. The molecule has 0 radical (unpaired) electrons. The lowest BCUT2D eigenvalue weighted by molar-refractivity contribution is 0.0994. The summed E-state index contributed by atoms with van der Waals surface area (Å²) in [6.07, 6.45) is 5.08. The second-order valence-electron chi connectivity index (χ2n) is 3.69. The summed E-state index contributed by atoms with van der Waals surface area (Å²) in [7, 11) is 0. The maximum Gasteiger partial charge on any atom is 0.165 e. The quantitative estimate of drug-likeness (QED) is 0.702. The molecule has 0 fully saturated rings. The molecule has 0 bridgehead atoms. The zero-order chi connectivity index (χ0) is 10.3. The summed E-state index contributed by atoms with van der Waals surface area (Å²) in [5, 5.41) is 4.16. The van der Waals surface area contributed by atoms with Gasteiger partial charge in [0, 0.05) is 24.4 Å². The highest BCUT2D eigenvalue weighted by molar-refractivity contribution is 6.03. The van der Waals surface area contributed by atoms with E-state index in [9.17, 15) is 4.79 Å². The fraction of sp³-hybridized carbons (Fsp3) is 0.167. The molecule has 0 amide bonds. The summed E-state index contributed by atoms with van der Waals surface area (Å²) >= 11 is 0. The van der Waals surface area contributed by atoms with Crippen molar-refractivity contribution in [2.75, 3.05) is 0 Å². The zero-order valence-corrected chi connectivity index (χ0v) is 8.18. The van der Waals surface area contributed by atoms with E-state index in [1.807, 2.05) is 30.5 Å². The molecule has 1 aromatic heterocycles. The van der Waals surface area contributed by atoms with Gasteiger partial charge in [-0.3, -0.25) is 4.79 Å². The molecule has 2 aromatic rings. The first-order valence-electron chi connectivity index (χ1n) is 5.01. The van der Waals surface area contributed by atoms with Crippen molar-refractivity contribution in [3.8, 4) is 5.69 Å². The molecule has 15 heavy (non-hydrogen) atoms. The molecule has 0 N–H and O–H groups in total. The molecule has 3 rings (SSSR count). The van der Waals surface area contributed by atoms with Gasteiger partial charge in [0.05, 0.1) is 5.69 Å². The van der Waals surface area contributed by atoms with Crippen LogP contribution < -0.4 is 0 Å². The smallest absolute Gasteiger partial charge is 0.165 e. The van der Waals surface area contributed by atoms with E-state index in [2.05, 4.69) is 5.10 Å². The Morgan fingerprint density at radius 2 is 2.13 bits per heavy atom. The van der Waals surface area contributed by atoms with Crippen molar-refractivity contribution in [3.05, 3.63) is 47.8 Å². The molecule has 1 heterocycles. The molecule has 0 spiro atoms. The highest BCUT2D eigenvalue weighted by Crippen LogP contribution is 2.27. The number of Topliss-reactive ketones (excluding diaryl/α,β-unsaturated/α-hetero) is 1. The van der Waals surface area contributed by atoms with Crippen LogP contribution in [0.25, 0.3) is 5.69 Å². The Morgan fingerprint density at radius 1 is 1.20 bits per heavy atom. The van der Waals surface area contributed by atoms with E-state index in [1.165, 1.54) is 0 Å². The van der Waals surface area contributed by atoms with Crippen LogP contribution in [0.15, 0.2) is 36.7 Å². The van der Waals surface area contributed by atoms with E-state index >= 15 is 0 Å². The van der Waals surface area contributed by atoms with Crippen molar-refractivity contribution in [1.82, 2.24) is 9.78 Å². The lowest BCUT2D eigenvalue weighted by Crippen LogP contribution is -2.03. The number of nitrogens with zero attached hydrogens (tertiary/aromatic N) is 2. The second kappa shape index (κ2) is 3.05. The molecule has 3 nitrogen and oxygen atoms in total. The van der Waals surface area contributed by atoms with Crippen LogP contribution in [0, 0.1) is 0 Å². The molecule has 0 saturated carbocycles. The largest absolute Gasteiger partial charge is 0.294 e. The monoisotopic (exact) mass is 198 g/mol.